The number of halogens is 1. The van der Waals surface area contributed by atoms with E-state index in [0.29, 0.717) is 27.7 Å². The number of hydrogen-bond donors (Lipinski definition) is 1. The Kier molecular flexibility index (Phi) is 4.41. The van der Waals surface area contributed by atoms with Gasteiger partial charge in [-0.25, -0.2) is 4.98 Å². The Balaban J connectivity index is 2.26. The Hall–Kier alpha value is -2.58. The van der Waals surface area contributed by atoms with Gasteiger partial charge in [-0.05, 0) is 30.3 Å². The summed E-state index contributed by atoms with van der Waals surface area (Å²) >= 11 is 6.03. The second-order valence-corrected chi connectivity index (χ2v) is 4.73. The van der Waals surface area contributed by atoms with Crippen LogP contribution in [0.2, 0.25) is 5.02 Å². The molecule has 1 aromatic heterocycles. The van der Waals surface area contributed by atoms with Gasteiger partial charge in [0.05, 0.1) is 22.2 Å². The summed E-state index contributed by atoms with van der Waals surface area (Å²) in [7, 11) is 3.36. The van der Waals surface area contributed by atoms with Crippen LogP contribution in [-0.2, 0) is 0 Å². The van der Waals surface area contributed by atoms with Crippen LogP contribution in [0.5, 0.6) is 0 Å². The lowest BCUT2D eigenvalue weighted by atomic mass is 10.2. The molecule has 0 saturated heterocycles. The first-order valence-corrected chi connectivity index (χ1v) is 6.56. The predicted octanol–water partition coefficient (Wildman–Crippen LogP) is 2.92. The third-order valence-electron chi connectivity index (χ3n) is 3.01. The molecule has 0 aliphatic carbocycles. The van der Waals surface area contributed by atoms with E-state index in [0.717, 1.165) is 0 Å². The molecule has 2 aromatic rings. The molecule has 0 spiro atoms. The molecule has 0 aliphatic rings. The number of carbonyl (C=O) groups is 1. The highest BCUT2D eigenvalue weighted by Crippen LogP contribution is 2.22. The highest BCUT2D eigenvalue weighted by atomic mass is 35.5. The average Bonchev–Trinajstić information content (AvgIpc) is 2.53. The van der Waals surface area contributed by atoms with E-state index < -0.39 is 0 Å². The summed E-state index contributed by atoms with van der Waals surface area (Å²) in [5.41, 5.74) is 1.63. The van der Waals surface area contributed by atoms with Crippen LogP contribution in [0.25, 0.3) is 0 Å². The van der Waals surface area contributed by atoms with Gasteiger partial charge in [0.1, 0.15) is 5.82 Å². The van der Waals surface area contributed by atoms with Crippen molar-refractivity contribution in [3.63, 3.8) is 0 Å². The molecule has 0 aliphatic heterocycles. The second-order valence-electron chi connectivity index (χ2n) is 4.33. The van der Waals surface area contributed by atoms with Crippen molar-refractivity contribution in [1.82, 2.24) is 4.98 Å². The summed E-state index contributed by atoms with van der Waals surface area (Å²) in [6.45, 7) is 0. The standard InChI is InChI=1S/C15H13ClN4O/c1-18-14-13(16)7-11(9-19-14)15(21)20(2)12-5-3-10(8-17)4-6-12/h3-7,9H,1-2H3,(H,18,19). The number of rotatable bonds is 3. The van der Waals surface area contributed by atoms with Gasteiger partial charge in [0.2, 0.25) is 0 Å². The lowest BCUT2D eigenvalue weighted by Gasteiger charge is -2.17. The Morgan fingerprint density at radius 1 is 1.38 bits per heavy atom. The molecule has 1 amide bonds. The second kappa shape index (κ2) is 6.25. The molecule has 0 radical (unpaired) electrons. The first-order chi connectivity index (χ1) is 10.1. The maximum Gasteiger partial charge on any atom is 0.259 e. The molecule has 0 fully saturated rings. The van der Waals surface area contributed by atoms with Gasteiger partial charge in [-0.2, -0.15) is 5.26 Å². The van der Waals surface area contributed by atoms with Crippen molar-refractivity contribution in [2.24, 2.45) is 0 Å². The third-order valence-corrected chi connectivity index (χ3v) is 3.30. The fourth-order valence-corrected chi connectivity index (χ4v) is 2.07. The molecule has 1 aromatic carbocycles. The van der Waals surface area contributed by atoms with E-state index in [-0.39, 0.29) is 5.91 Å². The topological polar surface area (TPSA) is 69.0 Å². The summed E-state index contributed by atoms with van der Waals surface area (Å²) in [5.74, 6) is 0.297. The van der Waals surface area contributed by atoms with Crippen LogP contribution < -0.4 is 10.2 Å². The molecular formula is C15H13ClN4O. The molecule has 2 rings (SSSR count). The molecule has 0 bridgehead atoms. The predicted molar refractivity (Wildman–Crippen MR) is 82.7 cm³/mol. The van der Waals surface area contributed by atoms with Crippen molar-refractivity contribution in [2.75, 3.05) is 24.3 Å². The molecule has 1 heterocycles. The highest BCUT2D eigenvalue weighted by molar-refractivity contribution is 6.33. The fraction of sp³-hybridized carbons (Fsp3) is 0.133. The molecule has 6 heteroatoms. The zero-order valence-corrected chi connectivity index (χ0v) is 12.3. The highest BCUT2D eigenvalue weighted by Gasteiger charge is 2.15. The smallest absolute Gasteiger partial charge is 0.259 e. The zero-order valence-electron chi connectivity index (χ0n) is 11.6. The first kappa shape index (κ1) is 14.8. The average molecular weight is 301 g/mol. The normalized spacial score (nSPS) is 9.81. The van der Waals surface area contributed by atoms with E-state index in [2.05, 4.69) is 10.3 Å². The lowest BCUT2D eigenvalue weighted by Crippen LogP contribution is -2.26. The Morgan fingerprint density at radius 2 is 2.05 bits per heavy atom. The maximum atomic E-state index is 12.4. The Labute approximate surface area is 127 Å². The largest absolute Gasteiger partial charge is 0.372 e. The molecule has 1 N–H and O–H groups in total. The lowest BCUT2D eigenvalue weighted by molar-refractivity contribution is 0.0992. The van der Waals surface area contributed by atoms with Gasteiger partial charge in [0.25, 0.3) is 5.91 Å². The number of hydrogen-bond acceptors (Lipinski definition) is 4. The summed E-state index contributed by atoms with van der Waals surface area (Å²) in [5, 5.41) is 12.0. The van der Waals surface area contributed by atoms with E-state index in [9.17, 15) is 4.79 Å². The summed E-state index contributed by atoms with van der Waals surface area (Å²) in [6, 6.07) is 10.4. The van der Waals surface area contributed by atoms with Crippen molar-refractivity contribution >= 4 is 29.0 Å². The van der Waals surface area contributed by atoms with E-state index in [1.165, 1.54) is 11.1 Å². The van der Waals surface area contributed by atoms with Crippen LogP contribution >= 0.6 is 11.6 Å². The number of benzene rings is 1. The number of nitrogens with zero attached hydrogens (tertiary/aromatic N) is 3. The Bertz CT molecular complexity index is 707. The van der Waals surface area contributed by atoms with E-state index in [1.807, 2.05) is 6.07 Å². The van der Waals surface area contributed by atoms with Crippen LogP contribution in [0.3, 0.4) is 0 Å². The van der Waals surface area contributed by atoms with Gasteiger partial charge in [-0.15, -0.1) is 0 Å². The van der Waals surface area contributed by atoms with Gasteiger partial charge < -0.3 is 10.2 Å². The van der Waals surface area contributed by atoms with Gasteiger partial charge in [0, 0.05) is 26.0 Å². The summed E-state index contributed by atoms with van der Waals surface area (Å²) in [4.78, 5) is 18.0. The first-order valence-electron chi connectivity index (χ1n) is 6.18. The van der Waals surface area contributed by atoms with Gasteiger partial charge in [-0.1, -0.05) is 11.6 Å². The molecule has 0 unspecified atom stereocenters. The third kappa shape index (κ3) is 3.12. The molecule has 5 nitrogen and oxygen atoms in total. The zero-order chi connectivity index (χ0) is 15.4. The molecular weight excluding hydrogens is 288 g/mol. The van der Waals surface area contributed by atoms with Crippen molar-refractivity contribution in [2.45, 2.75) is 0 Å². The van der Waals surface area contributed by atoms with Gasteiger partial charge >= 0.3 is 0 Å². The minimum absolute atomic E-state index is 0.225. The van der Waals surface area contributed by atoms with Crippen LogP contribution in [0.1, 0.15) is 15.9 Å². The molecule has 0 saturated carbocycles. The number of nitrogens with one attached hydrogen (secondary N) is 1. The number of nitriles is 1. The van der Waals surface area contributed by atoms with Gasteiger partial charge in [0.15, 0.2) is 0 Å². The fourth-order valence-electron chi connectivity index (χ4n) is 1.81. The van der Waals surface area contributed by atoms with Crippen molar-refractivity contribution < 1.29 is 4.79 Å². The van der Waals surface area contributed by atoms with E-state index >= 15 is 0 Å². The van der Waals surface area contributed by atoms with Crippen LogP contribution in [0.4, 0.5) is 11.5 Å². The summed E-state index contributed by atoms with van der Waals surface area (Å²) in [6.07, 6.45) is 1.47. The maximum absolute atomic E-state index is 12.4. The van der Waals surface area contributed by atoms with Crippen molar-refractivity contribution in [1.29, 1.82) is 5.26 Å². The number of aromatic nitrogens is 1. The monoisotopic (exact) mass is 300 g/mol. The number of amides is 1. The van der Waals surface area contributed by atoms with Crippen LogP contribution in [-0.4, -0.2) is 25.0 Å². The van der Waals surface area contributed by atoms with E-state index in [1.54, 1.807) is 44.4 Å². The quantitative estimate of drug-likeness (QED) is 0.946. The Morgan fingerprint density at radius 3 is 2.57 bits per heavy atom. The molecule has 21 heavy (non-hydrogen) atoms. The van der Waals surface area contributed by atoms with Crippen molar-refractivity contribution in [3.8, 4) is 6.07 Å². The minimum Gasteiger partial charge on any atom is -0.372 e. The van der Waals surface area contributed by atoms with Crippen molar-refractivity contribution in [3.05, 3.63) is 52.7 Å². The summed E-state index contributed by atoms with van der Waals surface area (Å²) < 4.78 is 0. The minimum atomic E-state index is -0.225. The van der Waals surface area contributed by atoms with Crippen LogP contribution in [0.15, 0.2) is 36.5 Å². The van der Waals surface area contributed by atoms with Crippen LogP contribution in [0, 0.1) is 11.3 Å². The van der Waals surface area contributed by atoms with E-state index in [4.69, 9.17) is 16.9 Å². The number of anilines is 2. The number of carbonyl (C=O) groups excluding carboxylic acids is 1. The van der Waals surface area contributed by atoms with Gasteiger partial charge in [-0.3, -0.25) is 4.79 Å². The SMILES string of the molecule is CNc1ncc(C(=O)N(C)c2ccc(C#N)cc2)cc1Cl. The molecule has 106 valence electrons. The molecule has 0 atom stereocenters. The number of pyridine rings is 1.